The molecule has 1 fully saturated rings. The predicted molar refractivity (Wildman–Crippen MR) is 131 cm³/mol. The topological polar surface area (TPSA) is 85.3 Å². The summed E-state index contributed by atoms with van der Waals surface area (Å²) in [6.45, 7) is 6.53. The number of hydrogen-bond donors (Lipinski definition) is 0. The van der Waals surface area contributed by atoms with Gasteiger partial charge in [-0.3, -0.25) is 0 Å². The molecule has 2 aromatic carbocycles. The number of ether oxygens (including phenoxy) is 1. The first-order valence-corrected chi connectivity index (χ1v) is 12.3. The van der Waals surface area contributed by atoms with Gasteiger partial charge in [0.2, 0.25) is 11.6 Å². The van der Waals surface area contributed by atoms with Gasteiger partial charge in [-0.25, -0.2) is 14.0 Å². The third-order valence-corrected chi connectivity index (χ3v) is 6.84. The quantitative estimate of drug-likeness (QED) is 0.320. The van der Waals surface area contributed by atoms with Crippen LogP contribution in [0.15, 0.2) is 57.9 Å². The minimum absolute atomic E-state index is 0.117. The molecule has 0 atom stereocenters. The second-order valence-electron chi connectivity index (χ2n) is 8.61. The van der Waals surface area contributed by atoms with Crippen LogP contribution in [0.5, 0.6) is 5.75 Å². The fraction of sp³-hybridized carbons (Fsp3) is 0.333. The fourth-order valence-corrected chi connectivity index (χ4v) is 4.79. The Labute approximate surface area is 215 Å². The van der Waals surface area contributed by atoms with Crippen LogP contribution < -0.4 is 4.74 Å². The molecule has 0 aliphatic carbocycles. The Balaban J connectivity index is 1.26. The Morgan fingerprint density at radius 3 is 2.49 bits per heavy atom. The Hall–Kier alpha value is -3.42. The average Bonchev–Trinajstić information content (AvgIpc) is 3.48. The smallest absolute Gasteiger partial charge is 0.406 e. The van der Waals surface area contributed by atoms with Crippen molar-refractivity contribution < 1.29 is 22.4 Å². The van der Waals surface area contributed by atoms with Gasteiger partial charge in [0.25, 0.3) is 5.89 Å². The summed E-state index contributed by atoms with van der Waals surface area (Å²) < 4.78 is 50.5. The van der Waals surface area contributed by atoms with Gasteiger partial charge in [0.05, 0.1) is 6.54 Å². The predicted octanol–water partition coefficient (Wildman–Crippen LogP) is 4.50. The molecule has 1 aliphatic heterocycles. The minimum atomic E-state index is -4.76. The zero-order chi connectivity index (χ0) is 26.0. The zero-order valence-electron chi connectivity index (χ0n) is 20.1. The van der Waals surface area contributed by atoms with Crippen LogP contribution in [0.3, 0.4) is 0 Å². The molecule has 194 valence electrons. The van der Waals surface area contributed by atoms with E-state index in [9.17, 15) is 13.2 Å². The SMILES string of the molecule is Cc1nc(-c2nc(-c3ccc(OC(F)(F)F)cc3)no2)nn1Cc1cccc(SN2CCN(C)CC2)c1. The number of hydrogen-bond acceptors (Lipinski definition) is 9. The van der Waals surface area contributed by atoms with Crippen LogP contribution in [-0.2, 0) is 6.54 Å². The molecular formula is C24H24F3N7O2S. The molecule has 37 heavy (non-hydrogen) atoms. The molecule has 9 nitrogen and oxygen atoms in total. The first-order chi connectivity index (χ1) is 17.7. The molecule has 2 aromatic heterocycles. The molecule has 13 heteroatoms. The van der Waals surface area contributed by atoms with E-state index in [1.54, 1.807) is 16.6 Å². The highest BCUT2D eigenvalue weighted by Crippen LogP contribution is 2.27. The lowest BCUT2D eigenvalue weighted by Crippen LogP contribution is -2.40. The van der Waals surface area contributed by atoms with Gasteiger partial charge in [0, 0.05) is 36.6 Å². The number of rotatable bonds is 7. The number of likely N-dealkylation sites (N-methyl/N-ethyl adjacent to an activating group) is 1. The summed E-state index contributed by atoms with van der Waals surface area (Å²) in [6, 6.07) is 13.6. The molecule has 0 saturated carbocycles. The van der Waals surface area contributed by atoms with Crippen molar-refractivity contribution in [2.24, 2.45) is 0 Å². The highest BCUT2D eigenvalue weighted by Gasteiger charge is 2.31. The number of alkyl halides is 3. The van der Waals surface area contributed by atoms with Crippen molar-refractivity contribution in [3.05, 3.63) is 59.9 Å². The minimum Gasteiger partial charge on any atom is -0.406 e. The van der Waals surface area contributed by atoms with E-state index >= 15 is 0 Å². The Kier molecular flexibility index (Phi) is 7.17. The molecule has 0 amide bonds. The van der Waals surface area contributed by atoms with Crippen LogP contribution in [0.2, 0.25) is 0 Å². The molecule has 3 heterocycles. The van der Waals surface area contributed by atoms with E-state index in [0.717, 1.165) is 31.7 Å². The van der Waals surface area contributed by atoms with Crippen molar-refractivity contribution in [1.29, 1.82) is 0 Å². The number of aryl methyl sites for hydroxylation is 1. The summed E-state index contributed by atoms with van der Waals surface area (Å²) in [6.07, 6.45) is -4.76. The first-order valence-electron chi connectivity index (χ1n) is 11.5. The molecule has 0 N–H and O–H groups in total. The van der Waals surface area contributed by atoms with Crippen LogP contribution in [0, 0.1) is 6.92 Å². The lowest BCUT2D eigenvalue weighted by molar-refractivity contribution is -0.274. The Morgan fingerprint density at radius 1 is 1.00 bits per heavy atom. The second-order valence-corrected chi connectivity index (χ2v) is 9.78. The number of halogens is 3. The largest absolute Gasteiger partial charge is 0.573 e. The van der Waals surface area contributed by atoms with Gasteiger partial charge in [-0.05, 0) is 67.9 Å². The number of piperazine rings is 1. The van der Waals surface area contributed by atoms with Crippen LogP contribution in [-0.4, -0.2) is 73.7 Å². The summed E-state index contributed by atoms with van der Waals surface area (Å²) in [7, 11) is 2.14. The molecule has 5 rings (SSSR count). The van der Waals surface area contributed by atoms with E-state index in [2.05, 4.69) is 53.3 Å². The molecule has 1 aliphatic rings. The Bertz CT molecular complexity index is 1350. The van der Waals surface area contributed by atoms with E-state index in [-0.39, 0.29) is 23.3 Å². The fourth-order valence-electron chi connectivity index (χ4n) is 3.80. The highest BCUT2D eigenvalue weighted by atomic mass is 32.2. The molecule has 1 saturated heterocycles. The third kappa shape index (κ3) is 6.48. The van der Waals surface area contributed by atoms with Gasteiger partial charge in [-0.15, -0.1) is 18.3 Å². The van der Waals surface area contributed by atoms with Gasteiger partial charge >= 0.3 is 6.36 Å². The van der Waals surface area contributed by atoms with Crippen molar-refractivity contribution in [1.82, 2.24) is 34.1 Å². The van der Waals surface area contributed by atoms with E-state index < -0.39 is 6.36 Å². The maximum atomic E-state index is 12.4. The molecular weight excluding hydrogens is 507 g/mol. The van der Waals surface area contributed by atoms with Crippen LogP contribution in [0.4, 0.5) is 13.2 Å². The van der Waals surface area contributed by atoms with Crippen LogP contribution >= 0.6 is 11.9 Å². The van der Waals surface area contributed by atoms with Crippen molar-refractivity contribution in [2.45, 2.75) is 24.7 Å². The molecule has 0 bridgehead atoms. The zero-order valence-corrected chi connectivity index (χ0v) is 21.0. The van der Waals surface area contributed by atoms with Crippen LogP contribution in [0.1, 0.15) is 11.4 Å². The number of benzene rings is 2. The summed E-state index contributed by atoms with van der Waals surface area (Å²) in [5.74, 6) is 0.946. The van der Waals surface area contributed by atoms with Gasteiger partial charge in [0.1, 0.15) is 11.6 Å². The number of aromatic nitrogens is 5. The number of nitrogens with zero attached hydrogens (tertiary/aromatic N) is 7. The lowest BCUT2D eigenvalue weighted by atomic mass is 10.2. The van der Waals surface area contributed by atoms with Gasteiger partial charge in [-0.2, -0.15) is 4.98 Å². The van der Waals surface area contributed by atoms with Crippen LogP contribution in [0.25, 0.3) is 23.1 Å². The van der Waals surface area contributed by atoms with E-state index in [1.807, 2.05) is 19.1 Å². The summed E-state index contributed by atoms with van der Waals surface area (Å²) in [5, 5.41) is 8.44. The Morgan fingerprint density at radius 2 is 1.76 bits per heavy atom. The first kappa shape index (κ1) is 25.2. The normalized spacial score (nSPS) is 15.3. The maximum absolute atomic E-state index is 12.4. The molecule has 4 aromatic rings. The molecule has 0 unspecified atom stereocenters. The van der Waals surface area contributed by atoms with E-state index in [0.29, 0.717) is 17.9 Å². The van der Waals surface area contributed by atoms with Gasteiger partial charge in [0.15, 0.2) is 0 Å². The van der Waals surface area contributed by atoms with Crippen molar-refractivity contribution in [3.8, 4) is 28.9 Å². The monoisotopic (exact) mass is 531 g/mol. The maximum Gasteiger partial charge on any atom is 0.573 e. The standard InChI is InChI=1S/C24H24F3N7O2S/c1-16-28-22(23-29-21(31-36-23)18-6-8-19(9-7-18)35-24(25,26)27)30-34(16)15-17-4-3-5-20(14-17)37-33-12-10-32(2)11-13-33/h3-9,14H,10-13,15H2,1-2H3. The van der Waals surface area contributed by atoms with Crippen molar-refractivity contribution in [3.63, 3.8) is 0 Å². The van der Waals surface area contributed by atoms with Gasteiger partial charge < -0.3 is 14.2 Å². The van der Waals surface area contributed by atoms with E-state index in [1.165, 1.54) is 29.2 Å². The summed E-state index contributed by atoms with van der Waals surface area (Å²) in [4.78, 5) is 12.3. The lowest BCUT2D eigenvalue weighted by Gasteiger charge is -2.31. The second kappa shape index (κ2) is 10.5. The summed E-state index contributed by atoms with van der Waals surface area (Å²) in [5.41, 5.74) is 1.56. The third-order valence-electron chi connectivity index (χ3n) is 5.75. The van der Waals surface area contributed by atoms with Gasteiger partial charge in [-0.1, -0.05) is 17.3 Å². The van der Waals surface area contributed by atoms with Crippen molar-refractivity contribution >= 4 is 11.9 Å². The van der Waals surface area contributed by atoms with E-state index in [4.69, 9.17) is 4.52 Å². The molecule has 0 radical (unpaired) electrons. The molecule has 0 spiro atoms. The highest BCUT2D eigenvalue weighted by molar-refractivity contribution is 7.97. The van der Waals surface area contributed by atoms with Crippen molar-refractivity contribution in [2.75, 3.05) is 33.2 Å². The average molecular weight is 532 g/mol. The summed E-state index contributed by atoms with van der Waals surface area (Å²) >= 11 is 1.77.